The second-order valence-corrected chi connectivity index (χ2v) is 9.29. The topological polar surface area (TPSA) is 72.1 Å². The molecule has 2 aromatic heterocycles. The van der Waals surface area contributed by atoms with Gasteiger partial charge in [0.25, 0.3) is 5.91 Å². The third kappa shape index (κ3) is 4.16. The van der Waals surface area contributed by atoms with Crippen LogP contribution in [-0.2, 0) is 25.7 Å². The molecule has 1 amide bonds. The number of carbonyl (C=O) groups is 1. The SMILES string of the molecule is NC(=O)c1cc(C2=CCC3(CC2)CC3)c2c(n1)CN(Cc1ccnc(C(F)(F)F)c1)CC2. The minimum Gasteiger partial charge on any atom is -0.364 e. The van der Waals surface area contributed by atoms with Crippen molar-refractivity contribution in [3.8, 4) is 0 Å². The molecule has 0 bridgehead atoms. The summed E-state index contributed by atoms with van der Waals surface area (Å²) >= 11 is 0. The van der Waals surface area contributed by atoms with E-state index in [1.165, 1.54) is 31.0 Å². The van der Waals surface area contributed by atoms with E-state index in [-0.39, 0.29) is 5.69 Å². The van der Waals surface area contributed by atoms with E-state index in [0.29, 0.717) is 30.6 Å². The van der Waals surface area contributed by atoms with E-state index in [1.54, 1.807) is 6.07 Å². The van der Waals surface area contributed by atoms with Crippen LogP contribution >= 0.6 is 0 Å². The number of halogens is 3. The maximum absolute atomic E-state index is 13.0. The van der Waals surface area contributed by atoms with E-state index in [2.05, 4.69) is 16.0 Å². The van der Waals surface area contributed by atoms with Gasteiger partial charge in [0.15, 0.2) is 0 Å². The summed E-state index contributed by atoms with van der Waals surface area (Å²) in [6.45, 7) is 1.52. The predicted molar refractivity (Wildman–Crippen MR) is 113 cm³/mol. The molecular weight excluding hydrogens is 417 g/mol. The monoisotopic (exact) mass is 442 g/mol. The zero-order chi connectivity index (χ0) is 22.5. The Bertz CT molecular complexity index is 1100. The van der Waals surface area contributed by atoms with Crippen molar-refractivity contribution in [1.29, 1.82) is 0 Å². The average Bonchev–Trinajstić information content (AvgIpc) is 3.51. The second kappa shape index (κ2) is 7.69. The highest BCUT2D eigenvalue weighted by molar-refractivity contribution is 5.92. The molecule has 2 aliphatic carbocycles. The van der Waals surface area contributed by atoms with Gasteiger partial charge in [0.05, 0.1) is 5.69 Å². The molecule has 5 nitrogen and oxygen atoms in total. The third-order valence-corrected chi connectivity index (χ3v) is 7.04. The molecule has 0 atom stereocenters. The number of nitrogens with two attached hydrogens (primary N) is 1. The first-order chi connectivity index (χ1) is 15.2. The normalized spacial score (nSPS) is 20.0. The smallest absolute Gasteiger partial charge is 0.364 e. The number of primary amides is 1. The van der Waals surface area contributed by atoms with E-state index in [4.69, 9.17) is 5.73 Å². The molecule has 1 fully saturated rings. The molecule has 168 valence electrons. The van der Waals surface area contributed by atoms with Crippen LogP contribution in [0.25, 0.3) is 5.57 Å². The number of pyridine rings is 2. The van der Waals surface area contributed by atoms with Gasteiger partial charge in [-0.05, 0) is 84.4 Å². The van der Waals surface area contributed by atoms with E-state index in [1.807, 2.05) is 11.0 Å². The van der Waals surface area contributed by atoms with Gasteiger partial charge in [-0.1, -0.05) is 6.08 Å². The molecule has 2 aromatic rings. The van der Waals surface area contributed by atoms with Crippen molar-refractivity contribution in [2.45, 2.75) is 57.8 Å². The Balaban J connectivity index is 1.41. The van der Waals surface area contributed by atoms with Crippen LogP contribution in [0.4, 0.5) is 13.2 Å². The number of alkyl halides is 3. The molecular formula is C24H25F3N4O. The lowest BCUT2D eigenvalue weighted by molar-refractivity contribution is -0.141. The minimum atomic E-state index is -4.47. The largest absolute Gasteiger partial charge is 0.433 e. The Morgan fingerprint density at radius 1 is 1.19 bits per heavy atom. The zero-order valence-corrected chi connectivity index (χ0v) is 17.7. The molecule has 1 saturated carbocycles. The molecule has 0 unspecified atom stereocenters. The van der Waals surface area contributed by atoms with Crippen LogP contribution in [0, 0.1) is 5.41 Å². The fourth-order valence-corrected chi connectivity index (χ4v) is 4.95. The Morgan fingerprint density at radius 2 is 2.00 bits per heavy atom. The van der Waals surface area contributed by atoms with Gasteiger partial charge in [0.2, 0.25) is 0 Å². The molecule has 3 aliphatic rings. The quantitative estimate of drug-likeness (QED) is 0.757. The van der Waals surface area contributed by atoms with Crippen molar-refractivity contribution in [2.75, 3.05) is 6.54 Å². The van der Waals surface area contributed by atoms with Gasteiger partial charge in [-0.2, -0.15) is 13.2 Å². The highest BCUT2D eigenvalue weighted by Gasteiger charge is 2.43. The van der Waals surface area contributed by atoms with Gasteiger partial charge in [-0.25, -0.2) is 4.98 Å². The van der Waals surface area contributed by atoms with Gasteiger partial charge in [-0.15, -0.1) is 0 Å². The minimum absolute atomic E-state index is 0.247. The number of carbonyl (C=O) groups excluding carboxylic acids is 1. The first-order valence-corrected chi connectivity index (χ1v) is 11.0. The van der Waals surface area contributed by atoms with E-state index in [0.717, 1.165) is 42.1 Å². The fourth-order valence-electron chi connectivity index (χ4n) is 4.95. The van der Waals surface area contributed by atoms with E-state index < -0.39 is 17.8 Å². The number of amides is 1. The number of hydrogen-bond donors (Lipinski definition) is 1. The van der Waals surface area contributed by atoms with Crippen LogP contribution in [0.3, 0.4) is 0 Å². The molecule has 2 N–H and O–H groups in total. The lowest BCUT2D eigenvalue weighted by atomic mass is 9.82. The van der Waals surface area contributed by atoms with Gasteiger partial charge in [-0.3, -0.25) is 14.7 Å². The number of allylic oxidation sites excluding steroid dienone is 2. The molecule has 32 heavy (non-hydrogen) atoms. The van der Waals surface area contributed by atoms with Crippen molar-refractivity contribution in [3.63, 3.8) is 0 Å². The highest BCUT2D eigenvalue weighted by atomic mass is 19.4. The van der Waals surface area contributed by atoms with Crippen molar-refractivity contribution in [3.05, 3.63) is 64.2 Å². The van der Waals surface area contributed by atoms with Crippen molar-refractivity contribution >= 4 is 11.5 Å². The zero-order valence-electron chi connectivity index (χ0n) is 17.7. The highest BCUT2D eigenvalue weighted by Crippen LogP contribution is 2.56. The van der Waals surface area contributed by atoms with Gasteiger partial charge in [0.1, 0.15) is 11.4 Å². The van der Waals surface area contributed by atoms with E-state index in [9.17, 15) is 18.0 Å². The summed E-state index contributed by atoms with van der Waals surface area (Å²) in [5.74, 6) is -0.565. The molecule has 5 rings (SSSR count). The number of aromatic nitrogens is 2. The molecule has 0 radical (unpaired) electrons. The summed E-state index contributed by atoms with van der Waals surface area (Å²) in [6, 6.07) is 4.52. The second-order valence-electron chi connectivity index (χ2n) is 9.29. The lowest BCUT2D eigenvalue weighted by Crippen LogP contribution is -2.32. The van der Waals surface area contributed by atoms with Crippen LogP contribution < -0.4 is 5.73 Å². The van der Waals surface area contributed by atoms with Crippen LogP contribution in [-0.4, -0.2) is 27.3 Å². The molecule has 3 heterocycles. The number of fused-ring (bicyclic) bond motifs is 1. The molecule has 1 aliphatic heterocycles. The predicted octanol–water partition coefficient (Wildman–Crippen LogP) is 4.50. The summed E-state index contributed by atoms with van der Waals surface area (Å²) in [6.07, 6.45) is 5.64. The maximum Gasteiger partial charge on any atom is 0.433 e. The van der Waals surface area contributed by atoms with Crippen molar-refractivity contribution < 1.29 is 18.0 Å². The standard InChI is InChI=1S/C24H25F3N4O/c25-24(26,27)21-11-15(3-9-29-21)13-31-10-4-17-18(12-19(22(28)32)30-20(17)14-31)16-1-5-23(6-2-16)7-8-23/h1,3,9,11-12H,2,4-8,10,13-14H2,(H2,28,32). The first kappa shape index (κ1) is 21.1. The average molecular weight is 442 g/mol. The fraction of sp³-hybridized carbons (Fsp3) is 0.458. The number of nitrogens with zero attached hydrogens (tertiary/aromatic N) is 3. The lowest BCUT2D eigenvalue weighted by Gasteiger charge is -2.31. The Labute approximate surface area is 184 Å². The van der Waals surface area contributed by atoms with Crippen molar-refractivity contribution in [2.24, 2.45) is 11.1 Å². The summed E-state index contributed by atoms with van der Waals surface area (Å²) in [4.78, 5) is 22.0. The van der Waals surface area contributed by atoms with Crippen LogP contribution in [0.1, 0.15) is 70.7 Å². The van der Waals surface area contributed by atoms with Crippen molar-refractivity contribution in [1.82, 2.24) is 14.9 Å². The summed E-state index contributed by atoms with van der Waals surface area (Å²) in [5.41, 5.74) is 10.2. The Kier molecular flexibility index (Phi) is 5.08. The molecule has 1 spiro atoms. The number of hydrogen-bond acceptors (Lipinski definition) is 4. The van der Waals surface area contributed by atoms with Gasteiger partial charge < -0.3 is 5.73 Å². The molecule has 8 heteroatoms. The van der Waals surface area contributed by atoms with Crippen LogP contribution in [0.15, 0.2) is 30.5 Å². The summed E-state index contributed by atoms with van der Waals surface area (Å²) in [5, 5.41) is 0. The number of rotatable bonds is 4. The maximum atomic E-state index is 13.0. The van der Waals surface area contributed by atoms with Gasteiger partial charge in [0, 0.05) is 25.8 Å². The first-order valence-electron chi connectivity index (χ1n) is 11.0. The Hall–Kier alpha value is -2.74. The van der Waals surface area contributed by atoms with Crippen LogP contribution in [0.5, 0.6) is 0 Å². The van der Waals surface area contributed by atoms with Crippen LogP contribution in [0.2, 0.25) is 0 Å². The Morgan fingerprint density at radius 3 is 2.66 bits per heavy atom. The molecule has 0 saturated heterocycles. The summed E-state index contributed by atoms with van der Waals surface area (Å²) < 4.78 is 39.0. The summed E-state index contributed by atoms with van der Waals surface area (Å²) in [7, 11) is 0. The van der Waals surface area contributed by atoms with E-state index >= 15 is 0 Å². The van der Waals surface area contributed by atoms with Gasteiger partial charge >= 0.3 is 6.18 Å². The third-order valence-electron chi connectivity index (χ3n) is 7.04. The molecule has 0 aromatic carbocycles.